The largest absolute Gasteiger partial charge is 0.507 e. The van der Waals surface area contributed by atoms with Gasteiger partial charge in [-0.25, -0.2) is 0 Å². The van der Waals surface area contributed by atoms with Crippen LogP contribution in [0.25, 0.3) is 5.76 Å². The zero-order valence-electron chi connectivity index (χ0n) is 17.7. The van der Waals surface area contributed by atoms with E-state index in [1.54, 1.807) is 17.0 Å². The first-order valence-corrected chi connectivity index (χ1v) is 11.1. The maximum Gasteiger partial charge on any atom is 0.296 e. The number of benzene rings is 1. The second-order valence-corrected chi connectivity index (χ2v) is 8.59. The molecule has 9 heteroatoms. The Morgan fingerprint density at radius 3 is 2.41 bits per heavy atom. The van der Waals surface area contributed by atoms with Gasteiger partial charge in [0.15, 0.2) is 11.5 Å². The Hall–Kier alpha value is -2.64. The highest BCUT2D eigenvalue weighted by molar-refractivity contribution is 6.47. The quantitative estimate of drug-likeness (QED) is 0.352. The molecule has 1 aromatic heterocycles. The molecule has 1 atom stereocenters. The van der Waals surface area contributed by atoms with Crippen molar-refractivity contribution < 1.29 is 28.6 Å². The van der Waals surface area contributed by atoms with Gasteiger partial charge in [-0.15, -0.1) is 0 Å². The summed E-state index contributed by atoms with van der Waals surface area (Å²) >= 11 is 12.7. The van der Waals surface area contributed by atoms with E-state index >= 15 is 0 Å². The number of carbonyl (C=O) groups excluding carboxylic acids is 2. The predicted molar refractivity (Wildman–Crippen MR) is 119 cm³/mol. The monoisotopic (exact) mass is 479 g/mol. The summed E-state index contributed by atoms with van der Waals surface area (Å²) in [6.07, 6.45) is 6.07. The molecule has 32 heavy (non-hydrogen) atoms. The Balaban J connectivity index is 1.92. The number of likely N-dealkylation sites (tertiary alicyclic amines) is 1. The maximum absolute atomic E-state index is 13.2. The molecule has 1 aromatic carbocycles. The lowest BCUT2D eigenvalue weighted by Crippen LogP contribution is -2.40. The summed E-state index contributed by atoms with van der Waals surface area (Å²) in [5, 5.41) is 11.5. The minimum absolute atomic E-state index is 0.0418. The minimum Gasteiger partial charge on any atom is -0.507 e. The van der Waals surface area contributed by atoms with Crippen LogP contribution in [-0.2, 0) is 9.59 Å². The van der Waals surface area contributed by atoms with E-state index in [1.807, 2.05) is 0 Å². The van der Waals surface area contributed by atoms with Crippen LogP contribution in [0.1, 0.15) is 49.5 Å². The van der Waals surface area contributed by atoms with Crippen molar-refractivity contribution in [2.45, 2.75) is 44.2 Å². The first kappa shape index (κ1) is 22.6. The predicted octanol–water partition coefficient (Wildman–Crippen LogP) is 5.36. The molecule has 2 heterocycles. The smallest absolute Gasteiger partial charge is 0.296 e. The Kier molecular flexibility index (Phi) is 6.40. The lowest BCUT2D eigenvalue weighted by Gasteiger charge is -2.34. The number of aliphatic hydroxyl groups excluding tert-OH is 1. The molecule has 4 rings (SSSR count). The average molecular weight is 480 g/mol. The number of hydrogen-bond acceptors (Lipinski definition) is 6. The van der Waals surface area contributed by atoms with Crippen LogP contribution < -0.4 is 9.47 Å². The summed E-state index contributed by atoms with van der Waals surface area (Å²) in [5.41, 5.74) is -0.00683. The number of nitrogens with zero attached hydrogens (tertiary/aromatic N) is 1. The highest BCUT2D eigenvalue weighted by Crippen LogP contribution is 2.48. The van der Waals surface area contributed by atoms with E-state index in [4.69, 9.17) is 37.1 Å². The van der Waals surface area contributed by atoms with Crippen LogP contribution in [0.2, 0.25) is 10.0 Å². The summed E-state index contributed by atoms with van der Waals surface area (Å²) in [5.74, 6) is -1.25. The molecule has 7 nitrogen and oxygen atoms in total. The maximum atomic E-state index is 13.2. The lowest BCUT2D eigenvalue weighted by atomic mass is 9.92. The van der Waals surface area contributed by atoms with Crippen LogP contribution in [0.15, 0.2) is 34.5 Å². The van der Waals surface area contributed by atoms with Crippen LogP contribution in [0.4, 0.5) is 0 Å². The number of rotatable bonds is 5. The Morgan fingerprint density at radius 1 is 1.12 bits per heavy atom. The molecular weight excluding hydrogens is 457 g/mol. The van der Waals surface area contributed by atoms with Crippen molar-refractivity contribution in [2.75, 3.05) is 14.2 Å². The first-order valence-electron chi connectivity index (χ1n) is 10.3. The van der Waals surface area contributed by atoms with Crippen LogP contribution in [0.5, 0.6) is 11.5 Å². The summed E-state index contributed by atoms with van der Waals surface area (Å²) in [6.45, 7) is 0. The molecule has 0 spiro atoms. The SMILES string of the molecule is COc1c(Cl)cc(/C(O)=C2/C(=O)C(=O)N(C3CCCCC3)C2c2ccco2)c(OC)c1Cl. The molecule has 2 aromatic rings. The summed E-state index contributed by atoms with van der Waals surface area (Å²) in [7, 11) is 2.77. The minimum atomic E-state index is -0.863. The Morgan fingerprint density at radius 2 is 1.81 bits per heavy atom. The molecule has 1 saturated heterocycles. The highest BCUT2D eigenvalue weighted by atomic mass is 35.5. The van der Waals surface area contributed by atoms with Gasteiger partial charge in [0.25, 0.3) is 11.7 Å². The lowest BCUT2D eigenvalue weighted by molar-refractivity contribution is -0.142. The van der Waals surface area contributed by atoms with Crippen molar-refractivity contribution in [1.29, 1.82) is 0 Å². The molecule has 1 N–H and O–H groups in total. The number of ketones is 1. The van der Waals surface area contributed by atoms with Gasteiger partial charge < -0.3 is 23.9 Å². The van der Waals surface area contributed by atoms with Crippen LogP contribution >= 0.6 is 23.2 Å². The van der Waals surface area contributed by atoms with Crippen molar-refractivity contribution >= 4 is 40.7 Å². The third-order valence-corrected chi connectivity index (χ3v) is 6.68. The van der Waals surface area contributed by atoms with Gasteiger partial charge in [0.2, 0.25) is 0 Å². The molecule has 1 saturated carbocycles. The highest BCUT2D eigenvalue weighted by Gasteiger charge is 2.50. The molecule has 1 amide bonds. The number of furan rings is 1. The first-order chi connectivity index (χ1) is 15.4. The average Bonchev–Trinajstić information content (AvgIpc) is 3.41. The number of halogens is 2. The van der Waals surface area contributed by atoms with Gasteiger partial charge in [-0.2, -0.15) is 0 Å². The van der Waals surface area contributed by atoms with Gasteiger partial charge in [0.1, 0.15) is 22.6 Å². The summed E-state index contributed by atoms with van der Waals surface area (Å²) in [6, 6.07) is 3.78. The van der Waals surface area contributed by atoms with Gasteiger partial charge in [0.05, 0.1) is 36.6 Å². The molecule has 170 valence electrons. The van der Waals surface area contributed by atoms with E-state index < -0.39 is 23.5 Å². The fourth-order valence-corrected chi connectivity index (χ4v) is 5.29. The number of aliphatic hydroxyl groups is 1. The Labute approximate surface area is 195 Å². The second-order valence-electron chi connectivity index (χ2n) is 7.80. The van der Waals surface area contributed by atoms with Gasteiger partial charge in [-0.3, -0.25) is 9.59 Å². The molecule has 2 aliphatic rings. The molecule has 1 unspecified atom stereocenters. The van der Waals surface area contributed by atoms with E-state index in [9.17, 15) is 14.7 Å². The third kappa shape index (κ3) is 3.63. The van der Waals surface area contributed by atoms with Crippen molar-refractivity contribution in [3.05, 3.63) is 51.4 Å². The molecule has 0 radical (unpaired) electrons. The number of hydrogen-bond donors (Lipinski definition) is 1. The van der Waals surface area contributed by atoms with Crippen molar-refractivity contribution in [3.63, 3.8) is 0 Å². The van der Waals surface area contributed by atoms with Gasteiger partial charge >= 0.3 is 0 Å². The molecule has 1 aliphatic carbocycles. The number of amides is 1. The molecular formula is C23H23Cl2NO6. The Bertz CT molecular complexity index is 1070. The van der Waals surface area contributed by atoms with E-state index in [2.05, 4.69) is 0 Å². The summed E-state index contributed by atoms with van der Waals surface area (Å²) in [4.78, 5) is 27.9. The fraction of sp³-hybridized carbons (Fsp3) is 0.391. The van der Waals surface area contributed by atoms with E-state index in [-0.39, 0.29) is 38.7 Å². The normalized spacial score (nSPS) is 21.2. The van der Waals surface area contributed by atoms with Crippen LogP contribution in [-0.4, -0.2) is 42.0 Å². The van der Waals surface area contributed by atoms with E-state index in [0.29, 0.717) is 5.76 Å². The number of methoxy groups -OCH3 is 2. The standard InChI is InChI=1S/C23H23Cl2NO6/c1-30-21-13(11-14(24)22(31-2)17(21)25)19(27)16-18(15-9-6-10-32-15)26(23(29)20(16)28)12-7-4-3-5-8-12/h6,9-12,18,27H,3-5,7-8H2,1-2H3/b19-16-. The van der Waals surface area contributed by atoms with E-state index in [0.717, 1.165) is 32.1 Å². The second kappa shape index (κ2) is 9.08. The molecule has 1 aliphatic heterocycles. The third-order valence-electron chi connectivity index (χ3n) is 6.06. The topological polar surface area (TPSA) is 89.2 Å². The van der Waals surface area contributed by atoms with Gasteiger partial charge in [0, 0.05) is 6.04 Å². The number of Topliss-reactive ketones (excluding diaryl/α,β-unsaturated/α-hetero) is 1. The van der Waals surface area contributed by atoms with E-state index in [1.165, 1.54) is 26.5 Å². The molecule has 2 fully saturated rings. The number of carbonyl (C=O) groups is 2. The van der Waals surface area contributed by atoms with Gasteiger partial charge in [-0.05, 0) is 31.0 Å². The van der Waals surface area contributed by atoms with Crippen LogP contribution in [0, 0.1) is 0 Å². The zero-order chi connectivity index (χ0) is 23.0. The van der Waals surface area contributed by atoms with Crippen molar-refractivity contribution in [3.8, 4) is 11.5 Å². The molecule has 0 bridgehead atoms. The van der Waals surface area contributed by atoms with Gasteiger partial charge in [-0.1, -0.05) is 42.5 Å². The summed E-state index contributed by atoms with van der Waals surface area (Å²) < 4.78 is 16.2. The fourth-order valence-electron chi connectivity index (χ4n) is 4.60. The van der Waals surface area contributed by atoms with Crippen molar-refractivity contribution in [1.82, 2.24) is 4.90 Å². The van der Waals surface area contributed by atoms with Crippen LogP contribution in [0.3, 0.4) is 0 Å². The zero-order valence-corrected chi connectivity index (χ0v) is 19.2. The number of ether oxygens (including phenoxy) is 2. The van der Waals surface area contributed by atoms with Crippen molar-refractivity contribution in [2.24, 2.45) is 0 Å².